The van der Waals surface area contributed by atoms with Crippen LogP contribution < -0.4 is 0 Å². The lowest BCUT2D eigenvalue weighted by Crippen LogP contribution is -2.28. The van der Waals surface area contributed by atoms with Crippen LogP contribution in [0.25, 0.3) is 0 Å². The number of hydrogen-bond donors (Lipinski definition) is 0. The Balaban J connectivity index is 2.04. The van der Waals surface area contributed by atoms with Gasteiger partial charge in [-0.15, -0.1) is 0 Å². The molecule has 1 nitrogen and oxygen atoms in total. The van der Waals surface area contributed by atoms with Crippen molar-refractivity contribution in [1.29, 1.82) is 0 Å². The highest BCUT2D eigenvalue weighted by atomic mass is 79.9. The predicted octanol–water partition coefficient (Wildman–Crippen LogP) is 6.18. The van der Waals surface area contributed by atoms with Crippen LogP contribution in [0.3, 0.4) is 0 Å². The summed E-state index contributed by atoms with van der Waals surface area (Å²) in [5, 5.41) is 0. The van der Waals surface area contributed by atoms with Gasteiger partial charge in [0.05, 0.1) is 5.92 Å². The maximum Gasteiger partial charge on any atom is 0.195 e. The molecule has 1 aromatic carbocycles. The average molecular weight is 371 g/mol. The lowest BCUT2D eigenvalue weighted by molar-refractivity contribution is 0.0656. The second-order valence-corrected chi connectivity index (χ2v) is 6.64. The Kier molecular flexibility index (Phi) is 6.33. The van der Waals surface area contributed by atoms with Crippen molar-refractivity contribution in [3.63, 3.8) is 0 Å². The molecule has 4 heteroatoms. The summed E-state index contributed by atoms with van der Waals surface area (Å²) in [6.45, 7) is 2.52. The maximum atomic E-state index is 14.4. The number of halogens is 3. The van der Waals surface area contributed by atoms with Crippen LogP contribution in [0.2, 0.25) is 0 Å². The van der Waals surface area contributed by atoms with E-state index in [1.807, 2.05) is 18.2 Å². The van der Waals surface area contributed by atoms with E-state index in [1.54, 1.807) is 24.3 Å². The smallest absolute Gasteiger partial charge is 0.195 e. The Hall–Kier alpha value is -1.00. The maximum absolute atomic E-state index is 14.4. The number of ether oxygens (including phenoxy) is 1. The van der Waals surface area contributed by atoms with Crippen LogP contribution >= 0.6 is 15.9 Å². The standard InChI is InChI=1S/C18H21BrF2O/c1-2-3-4-8-13-22-18(19)12-11-15(16(20)17(18)21)14-9-6-5-7-10-14/h5-7,9-12,15H,2-4,8,13H2,1H3. The second kappa shape index (κ2) is 8.02. The van der Waals surface area contributed by atoms with Gasteiger partial charge in [-0.25, -0.2) is 8.78 Å². The fourth-order valence-corrected chi connectivity index (χ4v) is 2.96. The predicted molar refractivity (Wildman–Crippen MR) is 89.3 cm³/mol. The fraction of sp³-hybridized carbons (Fsp3) is 0.444. The van der Waals surface area contributed by atoms with Crippen LogP contribution in [0.1, 0.15) is 44.1 Å². The summed E-state index contributed by atoms with van der Waals surface area (Å²) < 4.78 is 32.9. The van der Waals surface area contributed by atoms with Crippen LogP contribution in [0.4, 0.5) is 8.78 Å². The number of hydrogen-bond acceptors (Lipinski definition) is 1. The van der Waals surface area contributed by atoms with Gasteiger partial charge in [-0.1, -0.05) is 62.6 Å². The van der Waals surface area contributed by atoms with Crippen molar-refractivity contribution in [2.45, 2.75) is 43.0 Å². The van der Waals surface area contributed by atoms with Crippen LogP contribution in [0.15, 0.2) is 54.1 Å². The zero-order valence-corrected chi connectivity index (χ0v) is 14.3. The highest BCUT2D eigenvalue weighted by molar-refractivity contribution is 9.10. The average Bonchev–Trinajstić information content (AvgIpc) is 2.54. The van der Waals surface area contributed by atoms with E-state index >= 15 is 0 Å². The van der Waals surface area contributed by atoms with Gasteiger partial charge in [0.2, 0.25) is 0 Å². The Morgan fingerprint density at radius 1 is 1.14 bits per heavy atom. The van der Waals surface area contributed by atoms with Gasteiger partial charge in [0.1, 0.15) is 5.83 Å². The molecule has 1 aliphatic rings. The minimum absolute atomic E-state index is 0.395. The summed E-state index contributed by atoms with van der Waals surface area (Å²) in [5.41, 5.74) is 0.726. The van der Waals surface area contributed by atoms with Gasteiger partial charge in [0, 0.05) is 6.61 Å². The zero-order valence-electron chi connectivity index (χ0n) is 12.7. The third-order valence-electron chi connectivity index (χ3n) is 3.75. The third kappa shape index (κ3) is 4.05. The summed E-state index contributed by atoms with van der Waals surface area (Å²) >= 11 is 3.19. The molecule has 0 aliphatic heterocycles. The first-order valence-corrected chi connectivity index (χ1v) is 8.50. The number of unbranched alkanes of at least 4 members (excludes halogenated alkanes) is 3. The number of alkyl halides is 1. The van der Waals surface area contributed by atoms with Gasteiger partial charge in [-0.3, -0.25) is 0 Å². The lowest BCUT2D eigenvalue weighted by Gasteiger charge is -2.29. The molecule has 0 fully saturated rings. The van der Waals surface area contributed by atoms with Crippen molar-refractivity contribution in [3.05, 3.63) is 59.7 Å². The second-order valence-electron chi connectivity index (χ2n) is 5.46. The van der Waals surface area contributed by atoms with Gasteiger partial charge in [-0.2, -0.15) is 0 Å². The van der Waals surface area contributed by atoms with Crippen LogP contribution in [-0.4, -0.2) is 11.1 Å². The molecule has 22 heavy (non-hydrogen) atoms. The molecule has 0 radical (unpaired) electrons. The van der Waals surface area contributed by atoms with E-state index in [0.29, 0.717) is 6.61 Å². The Bertz CT molecular complexity index is 541. The van der Waals surface area contributed by atoms with Crippen molar-refractivity contribution < 1.29 is 13.5 Å². The quantitative estimate of drug-likeness (QED) is 0.316. The van der Waals surface area contributed by atoms with E-state index < -0.39 is 22.1 Å². The van der Waals surface area contributed by atoms with Gasteiger partial charge in [0.15, 0.2) is 10.3 Å². The van der Waals surface area contributed by atoms with Crippen LogP contribution in [-0.2, 0) is 4.74 Å². The summed E-state index contributed by atoms with van der Waals surface area (Å²) in [4.78, 5) is 0. The molecule has 0 aromatic heterocycles. The van der Waals surface area contributed by atoms with Gasteiger partial charge in [-0.05, 0) is 34.0 Å². The molecular formula is C18H21BrF2O. The zero-order chi connectivity index (χ0) is 16.0. The van der Waals surface area contributed by atoms with Crippen molar-refractivity contribution in [3.8, 4) is 0 Å². The monoisotopic (exact) mass is 370 g/mol. The highest BCUT2D eigenvalue weighted by Gasteiger charge is 2.39. The normalized spacial score (nSPS) is 24.8. The third-order valence-corrected chi connectivity index (χ3v) is 4.60. The first-order chi connectivity index (χ1) is 10.6. The Labute approximate surface area is 139 Å². The van der Waals surface area contributed by atoms with E-state index in [9.17, 15) is 8.78 Å². The largest absolute Gasteiger partial charge is 0.353 e. The van der Waals surface area contributed by atoms with Crippen LogP contribution in [0.5, 0.6) is 0 Å². The number of rotatable bonds is 7. The van der Waals surface area contributed by atoms with E-state index in [2.05, 4.69) is 22.9 Å². The summed E-state index contributed by atoms with van der Waals surface area (Å²) in [6.07, 6.45) is 7.32. The summed E-state index contributed by atoms with van der Waals surface area (Å²) in [6, 6.07) is 9.05. The molecule has 0 saturated heterocycles. The number of benzene rings is 1. The SMILES string of the molecule is CCCCCCOC1(Br)C=CC(c2ccccc2)C(F)=C1F. The summed E-state index contributed by atoms with van der Waals surface area (Å²) in [5.74, 6) is -2.37. The first kappa shape index (κ1) is 17.4. The molecule has 1 aliphatic carbocycles. The molecule has 1 aromatic rings. The van der Waals surface area contributed by atoms with E-state index in [0.717, 1.165) is 31.2 Å². The molecule has 0 bridgehead atoms. The van der Waals surface area contributed by atoms with E-state index in [-0.39, 0.29) is 0 Å². The fourth-order valence-electron chi connectivity index (χ4n) is 2.46. The molecule has 2 atom stereocenters. The molecule has 0 heterocycles. The molecule has 120 valence electrons. The Morgan fingerprint density at radius 3 is 2.55 bits per heavy atom. The van der Waals surface area contributed by atoms with Crippen molar-refractivity contribution in [2.24, 2.45) is 0 Å². The van der Waals surface area contributed by atoms with Crippen molar-refractivity contribution >= 4 is 15.9 Å². The van der Waals surface area contributed by atoms with Gasteiger partial charge >= 0.3 is 0 Å². The Morgan fingerprint density at radius 2 is 1.86 bits per heavy atom. The van der Waals surface area contributed by atoms with Crippen LogP contribution in [0, 0.1) is 0 Å². The molecule has 0 amide bonds. The molecule has 0 saturated carbocycles. The molecule has 0 N–H and O–H groups in total. The van der Waals surface area contributed by atoms with Crippen molar-refractivity contribution in [1.82, 2.24) is 0 Å². The summed E-state index contributed by atoms with van der Waals surface area (Å²) in [7, 11) is 0. The first-order valence-electron chi connectivity index (χ1n) is 7.71. The van der Waals surface area contributed by atoms with Gasteiger partial charge < -0.3 is 4.74 Å². The van der Waals surface area contributed by atoms with Gasteiger partial charge in [0.25, 0.3) is 0 Å². The van der Waals surface area contributed by atoms with Crippen molar-refractivity contribution in [2.75, 3.05) is 6.61 Å². The molecule has 2 unspecified atom stereocenters. The van der Waals surface area contributed by atoms with E-state index in [4.69, 9.17) is 4.74 Å². The minimum atomic E-state index is -1.46. The molecule has 2 rings (SSSR count). The molecule has 0 spiro atoms. The van der Waals surface area contributed by atoms with E-state index in [1.165, 1.54) is 0 Å². The minimum Gasteiger partial charge on any atom is -0.353 e. The topological polar surface area (TPSA) is 9.23 Å². The highest BCUT2D eigenvalue weighted by Crippen LogP contribution is 2.44. The number of allylic oxidation sites excluding steroid dienone is 2. The molecular weight excluding hydrogens is 350 g/mol. The lowest BCUT2D eigenvalue weighted by atomic mass is 9.92.